The first kappa shape index (κ1) is 18.5. The van der Waals surface area contributed by atoms with Crippen LogP contribution < -0.4 is 9.47 Å². The van der Waals surface area contributed by atoms with Gasteiger partial charge in [0.05, 0.1) is 13.2 Å². The maximum absolute atomic E-state index is 12.9. The van der Waals surface area contributed by atoms with Crippen LogP contribution in [-0.4, -0.2) is 37.1 Å². The topological polar surface area (TPSA) is 38.8 Å². The second-order valence-corrected chi connectivity index (χ2v) is 8.76. The van der Waals surface area contributed by atoms with E-state index in [0.717, 1.165) is 75.5 Å². The van der Waals surface area contributed by atoms with E-state index in [1.807, 2.05) is 23.1 Å². The van der Waals surface area contributed by atoms with Gasteiger partial charge in [0.2, 0.25) is 0 Å². The molecular weight excluding hydrogens is 362 g/mol. The molecule has 0 bridgehead atoms. The van der Waals surface area contributed by atoms with E-state index < -0.39 is 0 Å². The summed E-state index contributed by atoms with van der Waals surface area (Å²) in [7, 11) is 0. The molecule has 5 rings (SSSR count). The number of hydrogen-bond acceptors (Lipinski definition) is 3. The highest BCUT2D eigenvalue weighted by Crippen LogP contribution is 2.42. The summed E-state index contributed by atoms with van der Waals surface area (Å²) in [4.78, 5) is 15.0. The normalized spacial score (nSPS) is 18.2. The van der Waals surface area contributed by atoms with Crippen molar-refractivity contribution in [3.63, 3.8) is 0 Å². The molecule has 0 N–H and O–H groups in total. The van der Waals surface area contributed by atoms with E-state index in [1.54, 1.807) is 0 Å². The fourth-order valence-electron chi connectivity index (χ4n) is 4.99. The van der Waals surface area contributed by atoms with Gasteiger partial charge in [-0.3, -0.25) is 4.79 Å². The Kier molecular flexibility index (Phi) is 4.73. The van der Waals surface area contributed by atoms with Crippen LogP contribution in [0.5, 0.6) is 11.5 Å². The highest BCUT2D eigenvalue weighted by atomic mass is 16.5. The first-order valence-electron chi connectivity index (χ1n) is 10.9. The summed E-state index contributed by atoms with van der Waals surface area (Å²) < 4.78 is 11.9. The molecule has 3 heterocycles. The number of carbonyl (C=O) groups is 1. The molecule has 1 amide bonds. The molecule has 4 heteroatoms. The zero-order valence-corrected chi connectivity index (χ0v) is 17.4. The van der Waals surface area contributed by atoms with Gasteiger partial charge in [0.25, 0.3) is 5.91 Å². The second-order valence-electron chi connectivity index (χ2n) is 8.76. The number of aryl methyl sites for hydroxylation is 2. The van der Waals surface area contributed by atoms with Crippen LogP contribution in [0.1, 0.15) is 51.0 Å². The molecule has 4 nitrogen and oxygen atoms in total. The lowest BCUT2D eigenvalue weighted by Gasteiger charge is -2.32. The van der Waals surface area contributed by atoms with Gasteiger partial charge in [0, 0.05) is 48.2 Å². The summed E-state index contributed by atoms with van der Waals surface area (Å²) in [6.45, 7) is 7.40. The van der Waals surface area contributed by atoms with Gasteiger partial charge in [-0.15, -0.1) is 0 Å². The zero-order valence-electron chi connectivity index (χ0n) is 17.4. The molecule has 0 atom stereocenters. The molecule has 29 heavy (non-hydrogen) atoms. The van der Waals surface area contributed by atoms with Crippen LogP contribution in [0.25, 0.3) is 0 Å². The predicted molar refractivity (Wildman–Crippen MR) is 113 cm³/mol. The molecule has 152 valence electrons. The monoisotopic (exact) mass is 391 g/mol. The fraction of sp³-hybridized carbons (Fsp3) is 0.480. The molecule has 0 spiro atoms. The van der Waals surface area contributed by atoms with Gasteiger partial charge in [-0.1, -0.05) is 6.07 Å². The highest BCUT2D eigenvalue weighted by molar-refractivity contribution is 5.94. The van der Waals surface area contributed by atoms with Gasteiger partial charge in [0.15, 0.2) is 0 Å². The molecule has 0 radical (unpaired) electrons. The van der Waals surface area contributed by atoms with Gasteiger partial charge in [-0.05, 0) is 68.4 Å². The Balaban J connectivity index is 1.28. The van der Waals surface area contributed by atoms with Gasteiger partial charge in [0.1, 0.15) is 11.5 Å². The Bertz CT molecular complexity index is 925. The number of hydrogen-bond donors (Lipinski definition) is 0. The number of carbonyl (C=O) groups excluding carboxylic acids is 1. The van der Waals surface area contributed by atoms with Crippen LogP contribution >= 0.6 is 0 Å². The number of amides is 1. The number of rotatable bonds is 3. The van der Waals surface area contributed by atoms with Crippen molar-refractivity contribution in [2.75, 3.05) is 26.3 Å². The lowest BCUT2D eigenvalue weighted by atomic mass is 9.86. The number of benzene rings is 2. The van der Waals surface area contributed by atoms with E-state index in [9.17, 15) is 4.79 Å². The minimum absolute atomic E-state index is 0.171. The Morgan fingerprint density at radius 3 is 2.62 bits per heavy atom. The standard InChI is InChI=1S/C25H29NO3/c1-16-3-4-20(13-17(16)2)25(27)26-9-5-18(6-10-26)14-22-21-8-12-28-23(21)15-19-7-11-29-24(19)22/h3-4,13,15,18H,5-12,14H2,1-2H3. The number of fused-ring (bicyclic) bond motifs is 2. The van der Waals surface area contributed by atoms with E-state index in [2.05, 4.69) is 19.9 Å². The van der Waals surface area contributed by atoms with Crippen LogP contribution in [0.2, 0.25) is 0 Å². The largest absolute Gasteiger partial charge is 0.493 e. The molecule has 1 saturated heterocycles. The Morgan fingerprint density at radius 1 is 1.03 bits per heavy atom. The molecule has 0 aromatic heterocycles. The average molecular weight is 392 g/mol. The summed E-state index contributed by atoms with van der Waals surface area (Å²) in [5, 5.41) is 0. The molecule has 0 aliphatic carbocycles. The Labute approximate surface area is 172 Å². The quantitative estimate of drug-likeness (QED) is 0.784. The Hall–Kier alpha value is -2.49. The van der Waals surface area contributed by atoms with Crippen molar-refractivity contribution in [2.24, 2.45) is 5.92 Å². The van der Waals surface area contributed by atoms with E-state index in [0.29, 0.717) is 5.92 Å². The smallest absolute Gasteiger partial charge is 0.253 e. The van der Waals surface area contributed by atoms with E-state index in [4.69, 9.17) is 9.47 Å². The van der Waals surface area contributed by atoms with Crippen molar-refractivity contribution in [2.45, 2.75) is 46.0 Å². The number of nitrogens with zero attached hydrogens (tertiary/aromatic N) is 1. The van der Waals surface area contributed by atoms with Crippen molar-refractivity contribution in [1.29, 1.82) is 0 Å². The molecule has 1 fully saturated rings. The first-order chi connectivity index (χ1) is 14.1. The van der Waals surface area contributed by atoms with Crippen LogP contribution in [0, 0.1) is 19.8 Å². The van der Waals surface area contributed by atoms with E-state index >= 15 is 0 Å². The summed E-state index contributed by atoms with van der Waals surface area (Å²) in [5.41, 5.74) is 7.28. The summed E-state index contributed by atoms with van der Waals surface area (Å²) in [5.74, 6) is 2.97. The summed E-state index contributed by atoms with van der Waals surface area (Å²) in [6, 6.07) is 8.23. The van der Waals surface area contributed by atoms with Gasteiger partial charge < -0.3 is 14.4 Å². The second kappa shape index (κ2) is 7.40. The highest BCUT2D eigenvalue weighted by Gasteiger charge is 2.30. The number of piperidine rings is 1. The third-order valence-corrected chi connectivity index (χ3v) is 6.91. The lowest BCUT2D eigenvalue weighted by molar-refractivity contribution is 0.0690. The lowest BCUT2D eigenvalue weighted by Crippen LogP contribution is -2.39. The summed E-state index contributed by atoms with van der Waals surface area (Å²) >= 11 is 0. The van der Waals surface area contributed by atoms with Crippen molar-refractivity contribution < 1.29 is 14.3 Å². The number of likely N-dealkylation sites (tertiary alicyclic amines) is 1. The molecule has 3 aliphatic rings. The zero-order chi connectivity index (χ0) is 20.0. The molecule has 3 aliphatic heterocycles. The molecule has 2 aromatic carbocycles. The predicted octanol–water partition coefficient (Wildman–Crippen LogP) is 4.27. The van der Waals surface area contributed by atoms with E-state index in [1.165, 1.54) is 27.8 Å². The third-order valence-electron chi connectivity index (χ3n) is 6.91. The first-order valence-corrected chi connectivity index (χ1v) is 10.9. The van der Waals surface area contributed by atoms with Crippen LogP contribution in [0.3, 0.4) is 0 Å². The van der Waals surface area contributed by atoms with Crippen molar-refractivity contribution in [3.05, 3.63) is 57.6 Å². The summed E-state index contributed by atoms with van der Waals surface area (Å²) in [6.07, 6.45) is 5.12. The van der Waals surface area contributed by atoms with Crippen molar-refractivity contribution in [3.8, 4) is 11.5 Å². The SMILES string of the molecule is Cc1ccc(C(=O)N2CCC(Cc3c4c(cc5c3OCC5)OCC4)CC2)cc1C. The maximum Gasteiger partial charge on any atom is 0.253 e. The minimum Gasteiger partial charge on any atom is -0.493 e. The number of ether oxygens (including phenoxy) is 2. The van der Waals surface area contributed by atoms with Crippen molar-refractivity contribution >= 4 is 5.91 Å². The van der Waals surface area contributed by atoms with Gasteiger partial charge >= 0.3 is 0 Å². The Morgan fingerprint density at radius 2 is 1.83 bits per heavy atom. The van der Waals surface area contributed by atoms with E-state index in [-0.39, 0.29) is 5.91 Å². The third kappa shape index (κ3) is 3.39. The van der Waals surface area contributed by atoms with Crippen molar-refractivity contribution in [1.82, 2.24) is 4.90 Å². The molecule has 0 unspecified atom stereocenters. The van der Waals surface area contributed by atoms with Crippen LogP contribution in [0.4, 0.5) is 0 Å². The van der Waals surface area contributed by atoms with Crippen LogP contribution in [-0.2, 0) is 19.3 Å². The van der Waals surface area contributed by atoms with Gasteiger partial charge in [-0.25, -0.2) is 0 Å². The molecule has 2 aromatic rings. The average Bonchev–Trinajstić information content (AvgIpc) is 3.39. The van der Waals surface area contributed by atoms with Gasteiger partial charge in [-0.2, -0.15) is 0 Å². The maximum atomic E-state index is 12.9. The van der Waals surface area contributed by atoms with Crippen LogP contribution in [0.15, 0.2) is 24.3 Å². The molecule has 0 saturated carbocycles. The molecular formula is C25H29NO3. The minimum atomic E-state index is 0.171. The fourth-order valence-corrected chi connectivity index (χ4v) is 4.99.